The fraction of sp³-hybridized carbons (Fsp3) is 0.458. The Morgan fingerprint density at radius 3 is 2.12 bits per heavy atom. The summed E-state index contributed by atoms with van der Waals surface area (Å²) in [6.45, 7) is 4.36. The van der Waals surface area contributed by atoms with Gasteiger partial charge in [-0.25, -0.2) is 0 Å². The molecule has 0 atom stereocenters. The minimum Gasteiger partial charge on any atom is -0.326 e. The summed E-state index contributed by atoms with van der Waals surface area (Å²) in [6, 6.07) is 11.2. The van der Waals surface area contributed by atoms with Crippen LogP contribution in [-0.4, -0.2) is 36.7 Å². The Morgan fingerprint density at radius 1 is 0.912 bits per heavy atom. The van der Waals surface area contributed by atoms with Gasteiger partial charge in [-0.2, -0.15) is 26.3 Å². The molecule has 2 aromatic carbocycles. The zero-order valence-corrected chi connectivity index (χ0v) is 18.9. The van der Waals surface area contributed by atoms with Crippen molar-refractivity contribution < 1.29 is 31.1 Å². The number of nitrogens with zero attached hydrogens (tertiary/aromatic N) is 1. The number of rotatable bonds is 6. The summed E-state index contributed by atoms with van der Waals surface area (Å²) in [5.41, 5.74) is 0.164. The zero-order valence-electron chi connectivity index (χ0n) is 18.9. The van der Waals surface area contributed by atoms with Gasteiger partial charge in [0.15, 0.2) is 0 Å². The number of amides is 1. The molecule has 0 aliphatic carbocycles. The Morgan fingerprint density at radius 2 is 1.56 bits per heavy atom. The van der Waals surface area contributed by atoms with Crippen LogP contribution in [0.2, 0.25) is 0 Å². The van der Waals surface area contributed by atoms with E-state index in [1.165, 1.54) is 61.8 Å². The lowest BCUT2D eigenvalue weighted by Gasteiger charge is -2.26. The Bertz CT molecular complexity index is 894. The highest BCUT2D eigenvalue weighted by molar-refractivity contribution is 5.88. The Balaban J connectivity index is 0.000000310. The van der Waals surface area contributed by atoms with Crippen LogP contribution in [0.5, 0.6) is 0 Å². The number of anilines is 2. The van der Waals surface area contributed by atoms with E-state index in [1.807, 2.05) is 0 Å². The van der Waals surface area contributed by atoms with E-state index in [-0.39, 0.29) is 17.3 Å². The molecular formula is C24H29F6N3O. The lowest BCUT2D eigenvalue weighted by molar-refractivity contribution is -0.137. The molecule has 1 aliphatic rings. The zero-order chi connectivity index (χ0) is 25.2. The molecule has 2 N–H and O–H groups in total. The van der Waals surface area contributed by atoms with Crippen LogP contribution in [0.1, 0.15) is 43.7 Å². The number of aryl methyl sites for hydroxylation is 1. The molecule has 0 radical (unpaired) electrons. The number of piperidine rings is 1. The molecule has 0 unspecified atom stereocenters. The Kier molecular flexibility index (Phi) is 10.2. The van der Waals surface area contributed by atoms with E-state index in [1.54, 1.807) is 12.1 Å². The molecule has 2 aromatic rings. The summed E-state index contributed by atoms with van der Waals surface area (Å²) >= 11 is 0. The van der Waals surface area contributed by atoms with Gasteiger partial charge in [-0.1, -0.05) is 24.6 Å². The van der Waals surface area contributed by atoms with Crippen LogP contribution in [0, 0.1) is 0 Å². The number of nitrogens with one attached hydrogen (secondary N) is 2. The normalized spacial score (nSPS) is 14.7. The van der Waals surface area contributed by atoms with Crippen molar-refractivity contribution in [3.63, 3.8) is 0 Å². The van der Waals surface area contributed by atoms with Crippen LogP contribution < -0.4 is 10.6 Å². The lowest BCUT2D eigenvalue weighted by Crippen LogP contribution is -2.30. The van der Waals surface area contributed by atoms with Crippen molar-refractivity contribution in [1.82, 2.24) is 4.90 Å². The summed E-state index contributed by atoms with van der Waals surface area (Å²) in [5.74, 6) is -0.372. The molecule has 10 heteroatoms. The van der Waals surface area contributed by atoms with Crippen molar-refractivity contribution in [2.45, 2.75) is 51.5 Å². The van der Waals surface area contributed by atoms with E-state index in [0.717, 1.165) is 32.1 Å². The van der Waals surface area contributed by atoms with Crippen molar-refractivity contribution in [3.05, 3.63) is 59.7 Å². The highest BCUT2D eigenvalue weighted by atomic mass is 19.4. The summed E-state index contributed by atoms with van der Waals surface area (Å²) < 4.78 is 73.8. The summed E-state index contributed by atoms with van der Waals surface area (Å²) in [4.78, 5) is 13.5. The van der Waals surface area contributed by atoms with Gasteiger partial charge in [-0.05, 0) is 81.2 Å². The number of hydrogen-bond acceptors (Lipinski definition) is 3. The molecule has 1 heterocycles. The van der Waals surface area contributed by atoms with E-state index in [9.17, 15) is 31.1 Å². The Labute approximate surface area is 195 Å². The average Bonchev–Trinajstić information content (AvgIpc) is 2.73. The second-order valence-electron chi connectivity index (χ2n) is 8.09. The number of alkyl halides is 6. The van der Waals surface area contributed by atoms with Gasteiger partial charge in [0.25, 0.3) is 0 Å². The standard InChI is InChI=1S/C17H23F3N2O.C7H6F3N/c1-13(23)21-16-11-14(10-15(12-16)17(18,19)20)6-5-9-22-7-3-2-4-8-22;8-7(9,10)11-6-4-2-1-3-5-6/h10-12H,2-9H2,1H3,(H,21,23);1-5,11H. The molecule has 3 rings (SSSR count). The van der Waals surface area contributed by atoms with Crippen molar-refractivity contribution in [2.24, 2.45) is 0 Å². The second-order valence-corrected chi connectivity index (χ2v) is 8.09. The van der Waals surface area contributed by atoms with E-state index >= 15 is 0 Å². The fourth-order valence-corrected chi connectivity index (χ4v) is 3.65. The first-order valence-corrected chi connectivity index (χ1v) is 11.0. The predicted octanol–water partition coefficient (Wildman–Crippen LogP) is 6.70. The van der Waals surface area contributed by atoms with Gasteiger partial charge in [-0.15, -0.1) is 0 Å². The third-order valence-electron chi connectivity index (χ3n) is 5.09. The molecule has 0 bridgehead atoms. The van der Waals surface area contributed by atoms with E-state index in [4.69, 9.17) is 0 Å². The van der Waals surface area contributed by atoms with Gasteiger partial charge < -0.3 is 10.2 Å². The van der Waals surface area contributed by atoms with Crippen LogP contribution in [-0.2, 0) is 17.4 Å². The fourth-order valence-electron chi connectivity index (χ4n) is 3.65. The Hall–Kier alpha value is -2.75. The van der Waals surface area contributed by atoms with Crippen LogP contribution in [0.4, 0.5) is 37.7 Å². The summed E-state index contributed by atoms with van der Waals surface area (Å²) in [5, 5.41) is 3.83. The maximum Gasteiger partial charge on any atom is 0.482 e. The van der Waals surface area contributed by atoms with Gasteiger partial charge in [0.2, 0.25) is 5.91 Å². The van der Waals surface area contributed by atoms with E-state index < -0.39 is 18.0 Å². The van der Waals surface area contributed by atoms with Crippen LogP contribution in [0.15, 0.2) is 48.5 Å². The first kappa shape index (κ1) is 27.5. The smallest absolute Gasteiger partial charge is 0.326 e. The second kappa shape index (κ2) is 12.6. The summed E-state index contributed by atoms with van der Waals surface area (Å²) in [7, 11) is 0. The number of carbonyl (C=O) groups excluding carboxylic acids is 1. The molecule has 0 saturated carbocycles. The topological polar surface area (TPSA) is 44.4 Å². The van der Waals surface area contributed by atoms with Crippen LogP contribution in [0.3, 0.4) is 0 Å². The van der Waals surface area contributed by atoms with Crippen LogP contribution in [0.25, 0.3) is 0 Å². The van der Waals surface area contributed by atoms with E-state index in [2.05, 4.69) is 10.2 Å². The number of likely N-dealkylation sites (tertiary alicyclic amines) is 1. The molecule has 1 saturated heterocycles. The average molecular weight is 490 g/mol. The molecule has 0 spiro atoms. The molecule has 1 fully saturated rings. The van der Waals surface area contributed by atoms with Gasteiger partial charge in [0.05, 0.1) is 5.56 Å². The van der Waals surface area contributed by atoms with Gasteiger partial charge in [0, 0.05) is 18.3 Å². The molecule has 34 heavy (non-hydrogen) atoms. The molecule has 4 nitrogen and oxygen atoms in total. The SMILES string of the molecule is CC(=O)Nc1cc(CCCN2CCCCC2)cc(C(F)(F)F)c1.FC(F)(F)Nc1ccccc1. The number of carbonyl (C=O) groups is 1. The number of hydrogen-bond donors (Lipinski definition) is 2. The van der Waals surface area contributed by atoms with Crippen molar-refractivity contribution in [1.29, 1.82) is 0 Å². The first-order chi connectivity index (χ1) is 15.9. The van der Waals surface area contributed by atoms with Gasteiger partial charge >= 0.3 is 12.5 Å². The monoisotopic (exact) mass is 489 g/mol. The number of benzene rings is 2. The number of halogens is 6. The maximum atomic E-state index is 13.0. The molecular weight excluding hydrogens is 460 g/mol. The molecule has 1 aliphatic heterocycles. The highest BCUT2D eigenvalue weighted by Crippen LogP contribution is 2.32. The quantitative estimate of drug-likeness (QED) is 0.351. The lowest BCUT2D eigenvalue weighted by atomic mass is 10.0. The maximum absolute atomic E-state index is 13.0. The predicted molar refractivity (Wildman–Crippen MR) is 120 cm³/mol. The third kappa shape index (κ3) is 10.9. The summed E-state index contributed by atoms with van der Waals surface area (Å²) in [6.07, 6.45) is -3.68. The molecule has 0 aromatic heterocycles. The van der Waals surface area contributed by atoms with Crippen molar-refractivity contribution in [2.75, 3.05) is 30.3 Å². The highest BCUT2D eigenvalue weighted by Gasteiger charge is 2.31. The molecule has 1 amide bonds. The van der Waals surface area contributed by atoms with Crippen molar-refractivity contribution >= 4 is 17.3 Å². The largest absolute Gasteiger partial charge is 0.482 e. The minimum atomic E-state index is -4.41. The number of para-hydroxylation sites is 1. The van der Waals surface area contributed by atoms with Gasteiger partial charge in [-0.3, -0.25) is 10.1 Å². The van der Waals surface area contributed by atoms with Crippen molar-refractivity contribution in [3.8, 4) is 0 Å². The van der Waals surface area contributed by atoms with E-state index in [0.29, 0.717) is 12.0 Å². The molecule has 188 valence electrons. The van der Waals surface area contributed by atoms with Gasteiger partial charge in [0.1, 0.15) is 0 Å². The minimum absolute atomic E-state index is 0.0556. The first-order valence-electron chi connectivity index (χ1n) is 11.0. The van der Waals surface area contributed by atoms with Crippen LogP contribution >= 0.6 is 0 Å². The third-order valence-corrected chi connectivity index (χ3v) is 5.09.